The molecule has 1 heterocycles. The predicted molar refractivity (Wildman–Crippen MR) is 80.5 cm³/mol. The molecule has 1 aromatic carbocycles. The first-order valence-electron chi connectivity index (χ1n) is 7.27. The van der Waals surface area contributed by atoms with Gasteiger partial charge in [-0.15, -0.1) is 0 Å². The van der Waals surface area contributed by atoms with Crippen molar-refractivity contribution in [2.24, 2.45) is 5.92 Å². The van der Waals surface area contributed by atoms with Crippen molar-refractivity contribution in [2.45, 2.75) is 33.5 Å². The molecule has 1 N–H and O–H groups in total. The normalized spacial score (nSPS) is 11.2. The average Bonchev–Trinajstić information content (AvgIpc) is 2.81. The number of nitrogens with one attached hydrogen (secondary N) is 1. The first kappa shape index (κ1) is 16.4. The summed E-state index contributed by atoms with van der Waals surface area (Å²) < 4.78 is 34.2. The second kappa shape index (κ2) is 7.35. The summed E-state index contributed by atoms with van der Waals surface area (Å²) in [5, 5.41) is 7.48. The van der Waals surface area contributed by atoms with E-state index in [1.165, 1.54) is 0 Å². The standard InChI is InChI=1S/C16H21F2N3O/c1-11(2)9-21-16(7-14(20-21)8-19-3)22-10-12-6-13(17)4-5-15(12)18/h4-7,11,19H,8-10H2,1-3H3. The molecule has 0 saturated heterocycles. The quantitative estimate of drug-likeness (QED) is 0.854. The van der Waals surface area contributed by atoms with Crippen molar-refractivity contribution in [3.8, 4) is 5.88 Å². The number of benzene rings is 1. The van der Waals surface area contributed by atoms with E-state index in [0.29, 0.717) is 24.9 Å². The molecule has 0 saturated carbocycles. The highest BCUT2D eigenvalue weighted by atomic mass is 19.1. The van der Waals surface area contributed by atoms with Gasteiger partial charge >= 0.3 is 0 Å². The second-order valence-electron chi connectivity index (χ2n) is 5.60. The van der Waals surface area contributed by atoms with Gasteiger partial charge in [-0.25, -0.2) is 13.5 Å². The maximum Gasteiger partial charge on any atom is 0.212 e. The Morgan fingerprint density at radius 2 is 2.05 bits per heavy atom. The molecule has 2 aromatic rings. The van der Waals surface area contributed by atoms with Crippen LogP contribution in [0.1, 0.15) is 25.1 Å². The van der Waals surface area contributed by atoms with E-state index in [9.17, 15) is 8.78 Å². The van der Waals surface area contributed by atoms with Crippen LogP contribution < -0.4 is 10.1 Å². The smallest absolute Gasteiger partial charge is 0.212 e. The molecule has 120 valence electrons. The predicted octanol–water partition coefficient (Wildman–Crippen LogP) is 3.12. The minimum Gasteiger partial charge on any atom is -0.473 e. The highest BCUT2D eigenvalue weighted by Crippen LogP contribution is 2.19. The van der Waals surface area contributed by atoms with Gasteiger partial charge in [0.15, 0.2) is 0 Å². The third-order valence-corrected chi connectivity index (χ3v) is 3.07. The molecule has 2 rings (SSSR count). The molecule has 0 aliphatic carbocycles. The molecule has 0 radical (unpaired) electrons. The van der Waals surface area contributed by atoms with Crippen LogP contribution in [0.3, 0.4) is 0 Å². The highest BCUT2D eigenvalue weighted by Gasteiger charge is 2.12. The van der Waals surface area contributed by atoms with Crippen molar-refractivity contribution < 1.29 is 13.5 Å². The minimum atomic E-state index is -0.480. The van der Waals surface area contributed by atoms with Gasteiger partial charge in [-0.1, -0.05) is 13.8 Å². The molecule has 0 aliphatic heterocycles. The fourth-order valence-electron chi connectivity index (χ4n) is 2.12. The van der Waals surface area contributed by atoms with Gasteiger partial charge in [0, 0.05) is 24.7 Å². The summed E-state index contributed by atoms with van der Waals surface area (Å²) in [7, 11) is 1.84. The van der Waals surface area contributed by atoms with E-state index in [1.54, 1.807) is 4.68 Å². The molecular formula is C16H21F2N3O. The number of aromatic nitrogens is 2. The van der Waals surface area contributed by atoms with Crippen molar-refractivity contribution >= 4 is 0 Å². The highest BCUT2D eigenvalue weighted by molar-refractivity contribution is 5.20. The van der Waals surface area contributed by atoms with Crippen molar-refractivity contribution in [3.05, 3.63) is 47.2 Å². The van der Waals surface area contributed by atoms with Crippen LogP contribution >= 0.6 is 0 Å². The van der Waals surface area contributed by atoms with Gasteiger partial charge in [-0.05, 0) is 31.2 Å². The van der Waals surface area contributed by atoms with E-state index >= 15 is 0 Å². The molecule has 0 spiro atoms. The van der Waals surface area contributed by atoms with Crippen LogP contribution in [0.15, 0.2) is 24.3 Å². The van der Waals surface area contributed by atoms with Crippen LogP contribution in [0.5, 0.6) is 5.88 Å². The summed E-state index contributed by atoms with van der Waals surface area (Å²) in [6.07, 6.45) is 0. The molecule has 0 amide bonds. The summed E-state index contributed by atoms with van der Waals surface area (Å²) in [6.45, 7) is 5.44. The zero-order chi connectivity index (χ0) is 16.1. The van der Waals surface area contributed by atoms with Gasteiger partial charge in [0.1, 0.15) is 18.2 Å². The molecule has 0 aliphatic rings. The third kappa shape index (κ3) is 4.27. The van der Waals surface area contributed by atoms with E-state index in [1.807, 2.05) is 13.1 Å². The van der Waals surface area contributed by atoms with Gasteiger partial charge in [-0.2, -0.15) is 5.10 Å². The van der Waals surface area contributed by atoms with Crippen molar-refractivity contribution in [1.82, 2.24) is 15.1 Å². The molecule has 0 bridgehead atoms. The van der Waals surface area contributed by atoms with Crippen LogP contribution in [-0.4, -0.2) is 16.8 Å². The Hall–Kier alpha value is -1.95. The summed E-state index contributed by atoms with van der Waals surface area (Å²) in [5.41, 5.74) is 1.03. The lowest BCUT2D eigenvalue weighted by Crippen LogP contribution is -2.11. The third-order valence-electron chi connectivity index (χ3n) is 3.07. The monoisotopic (exact) mass is 309 g/mol. The van der Waals surface area contributed by atoms with Crippen molar-refractivity contribution in [3.63, 3.8) is 0 Å². The van der Waals surface area contributed by atoms with Gasteiger partial charge in [0.2, 0.25) is 5.88 Å². The molecule has 22 heavy (non-hydrogen) atoms. The lowest BCUT2D eigenvalue weighted by molar-refractivity contribution is 0.260. The maximum absolute atomic E-state index is 13.6. The van der Waals surface area contributed by atoms with Gasteiger partial charge in [-0.3, -0.25) is 0 Å². The molecule has 0 atom stereocenters. The number of halogens is 2. The summed E-state index contributed by atoms with van der Waals surface area (Å²) in [6, 6.07) is 5.15. The summed E-state index contributed by atoms with van der Waals surface area (Å²) in [5.74, 6) is -0.00321. The average molecular weight is 309 g/mol. The van der Waals surface area contributed by atoms with Gasteiger partial charge in [0.25, 0.3) is 0 Å². The maximum atomic E-state index is 13.6. The number of hydrogen-bond acceptors (Lipinski definition) is 3. The Kier molecular flexibility index (Phi) is 5.49. The molecule has 0 unspecified atom stereocenters. The Morgan fingerprint density at radius 3 is 2.73 bits per heavy atom. The zero-order valence-electron chi connectivity index (χ0n) is 13.1. The van der Waals surface area contributed by atoms with E-state index in [-0.39, 0.29) is 12.2 Å². The van der Waals surface area contributed by atoms with Gasteiger partial charge < -0.3 is 10.1 Å². The summed E-state index contributed by atoms with van der Waals surface area (Å²) in [4.78, 5) is 0. The van der Waals surface area contributed by atoms with Crippen LogP contribution in [0, 0.1) is 17.6 Å². The SMILES string of the molecule is CNCc1cc(OCc2cc(F)ccc2F)n(CC(C)C)n1. The fraction of sp³-hybridized carbons (Fsp3) is 0.438. The second-order valence-corrected chi connectivity index (χ2v) is 5.60. The Balaban J connectivity index is 2.15. The van der Waals surface area contributed by atoms with E-state index in [0.717, 1.165) is 23.9 Å². The van der Waals surface area contributed by atoms with Crippen molar-refractivity contribution in [1.29, 1.82) is 0 Å². The topological polar surface area (TPSA) is 39.1 Å². The van der Waals surface area contributed by atoms with Crippen LogP contribution in [-0.2, 0) is 19.7 Å². The first-order valence-corrected chi connectivity index (χ1v) is 7.27. The number of ether oxygens (including phenoxy) is 1. The van der Waals surface area contributed by atoms with Crippen LogP contribution in [0.4, 0.5) is 8.78 Å². The fourth-order valence-corrected chi connectivity index (χ4v) is 2.12. The molecule has 6 heteroatoms. The summed E-state index contributed by atoms with van der Waals surface area (Å²) >= 11 is 0. The number of hydrogen-bond donors (Lipinski definition) is 1. The van der Waals surface area contributed by atoms with E-state index in [4.69, 9.17) is 4.74 Å². The minimum absolute atomic E-state index is 0.0353. The van der Waals surface area contributed by atoms with E-state index in [2.05, 4.69) is 24.3 Å². The lowest BCUT2D eigenvalue weighted by Gasteiger charge is -2.11. The number of nitrogens with zero attached hydrogens (tertiary/aromatic N) is 2. The van der Waals surface area contributed by atoms with Crippen LogP contribution in [0.25, 0.3) is 0 Å². The zero-order valence-corrected chi connectivity index (χ0v) is 13.1. The largest absolute Gasteiger partial charge is 0.473 e. The first-order chi connectivity index (χ1) is 10.5. The molecule has 4 nitrogen and oxygen atoms in total. The lowest BCUT2D eigenvalue weighted by atomic mass is 10.2. The van der Waals surface area contributed by atoms with E-state index < -0.39 is 11.6 Å². The Labute approximate surface area is 129 Å². The molecular weight excluding hydrogens is 288 g/mol. The Bertz CT molecular complexity index is 626. The number of rotatable bonds is 7. The molecule has 1 aromatic heterocycles. The Morgan fingerprint density at radius 1 is 1.27 bits per heavy atom. The van der Waals surface area contributed by atoms with Gasteiger partial charge in [0.05, 0.1) is 5.69 Å². The van der Waals surface area contributed by atoms with Crippen molar-refractivity contribution in [2.75, 3.05) is 7.05 Å². The molecule has 0 fully saturated rings. The van der Waals surface area contributed by atoms with Crippen LogP contribution in [0.2, 0.25) is 0 Å².